The molecular weight excluding hydrogens is 468 g/mol. The molecule has 1 saturated carbocycles. The van der Waals surface area contributed by atoms with Gasteiger partial charge < -0.3 is 9.84 Å². The smallest absolute Gasteiger partial charge is 0.163 e. The number of ketones is 1. The highest BCUT2D eigenvalue weighted by Crippen LogP contribution is 2.49. The maximum absolute atomic E-state index is 14.0. The fourth-order valence-electron chi connectivity index (χ4n) is 7.42. The standard InChI is InChI=1S/C35H50O3/c1-7-29-19-31-30(20-32(29)36)25(5)11-9-10-23(3)16-24(4)12-13-27-17-28(18-33(31)37)22-35(21-27)15-14-26(6)34(8-2)38-35/h9-12,19-20,23,26-28,34,36H,7-8,13-18,21-22H2,1-6H3/b10-9+,24-12+,25-11-/t23-,26+,27+,28-,34+,35-/m0/s1. The fraction of sp³-hybridized carbons (Fsp3) is 0.629. The monoisotopic (exact) mass is 518 g/mol. The summed E-state index contributed by atoms with van der Waals surface area (Å²) in [5.41, 5.74) is 4.85. The third kappa shape index (κ3) is 6.71. The number of aryl methyl sites for hydroxylation is 1. The van der Waals surface area contributed by atoms with Crippen molar-refractivity contribution in [2.24, 2.45) is 23.7 Å². The van der Waals surface area contributed by atoms with Crippen LogP contribution in [0.2, 0.25) is 0 Å². The summed E-state index contributed by atoms with van der Waals surface area (Å²) in [6.07, 6.45) is 19.2. The molecule has 2 fully saturated rings. The SMILES string of the molecule is CCc1cc2c(cc1O)/C(C)=C\C=C\[C@H](C)C/C(C)=C/C[C@@H]1C[C@@H](CC2=O)C[C@]2(CC[C@@H](C)[C@@H](CC)O2)C1. The molecule has 0 amide bonds. The molecule has 4 rings (SSSR count). The first kappa shape index (κ1) is 28.9. The second kappa shape index (κ2) is 12.4. The number of carbonyl (C=O) groups is 1. The Hall–Kier alpha value is -2.13. The van der Waals surface area contributed by atoms with Crippen molar-refractivity contribution in [1.29, 1.82) is 0 Å². The first-order valence-corrected chi connectivity index (χ1v) is 15.2. The fourth-order valence-corrected chi connectivity index (χ4v) is 7.42. The van der Waals surface area contributed by atoms with Crippen LogP contribution in [0, 0.1) is 23.7 Å². The lowest BCUT2D eigenvalue weighted by atomic mass is 9.66. The number of Topliss-reactive ketones (excluding diaryl/α,β-unsaturated/α-hetero) is 1. The summed E-state index contributed by atoms with van der Waals surface area (Å²) in [7, 11) is 0. The number of fused-ring (bicyclic) bond motifs is 3. The van der Waals surface area contributed by atoms with Crippen LogP contribution < -0.4 is 0 Å². The molecule has 1 saturated heterocycles. The van der Waals surface area contributed by atoms with E-state index < -0.39 is 0 Å². The van der Waals surface area contributed by atoms with E-state index in [1.54, 1.807) is 0 Å². The van der Waals surface area contributed by atoms with E-state index in [4.69, 9.17) is 4.74 Å². The van der Waals surface area contributed by atoms with Crippen molar-refractivity contribution in [3.63, 3.8) is 0 Å². The summed E-state index contributed by atoms with van der Waals surface area (Å²) in [6, 6.07) is 3.77. The van der Waals surface area contributed by atoms with E-state index in [1.165, 1.54) is 12.0 Å². The molecule has 2 bridgehead atoms. The molecule has 3 aliphatic rings. The minimum Gasteiger partial charge on any atom is -0.508 e. The van der Waals surface area contributed by atoms with E-state index in [2.05, 4.69) is 52.0 Å². The Balaban J connectivity index is 1.73. The highest BCUT2D eigenvalue weighted by molar-refractivity contribution is 6.01. The van der Waals surface area contributed by atoms with Gasteiger partial charge in [-0.15, -0.1) is 0 Å². The Bertz CT molecular complexity index is 1090. The average Bonchev–Trinajstić information content (AvgIpc) is 2.88. The van der Waals surface area contributed by atoms with Crippen molar-refractivity contribution >= 4 is 11.4 Å². The lowest BCUT2D eigenvalue weighted by Crippen LogP contribution is -2.49. The quantitative estimate of drug-likeness (QED) is 0.397. The number of carbonyl (C=O) groups excluding carboxylic acids is 1. The zero-order valence-corrected chi connectivity index (χ0v) is 24.7. The van der Waals surface area contributed by atoms with E-state index in [0.717, 1.165) is 67.2 Å². The van der Waals surface area contributed by atoms with Gasteiger partial charge in [0.1, 0.15) is 5.75 Å². The van der Waals surface area contributed by atoms with Crippen molar-refractivity contribution in [3.05, 3.63) is 58.7 Å². The van der Waals surface area contributed by atoms with Gasteiger partial charge in [-0.05, 0) is 124 Å². The van der Waals surface area contributed by atoms with Gasteiger partial charge in [0.25, 0.3) is 0 Å². The third-order valence-corrected chi connectivity index (χ3v) is 9.51. The van der Waals surface area contributed by atoms with Crippen molar-refractivity contribution in [2.75, 3.05) is 0 Å². The summed E-state index contributed by atoms with van der Waals surface area (Å²) < 4.78 is 6.95. The Labute approximate surface area is 231 Å². The molecule has 3 heteroatoms. The van der Waals surface area contributed by atoms with Crippen molar-refractivity contribution in [2.45, 2.75) is 117 Å². The number of aromatic hydroxyl groups is 1. The molecule has 208 valence electrons. The van der Waals surface area contributed by atoms with Crippen LogP contribution in [0.3, 0.4) is 0 Å². The maximum atomic E-state index is 14.0. The molecule has 1 aromatic carbocycles. The molecule has 1 aliphatic heterocycles. The number of hydrogen-bond acceptors (Lipinski definition) is 3. The van der Waals surface area contributed by atoms with Gasteiger partial charge in [-0.2, -0.15) is 0 Å². The van der Waals surface area contributed by atoms with Gasteiger partial charge >= 0.3 is 0 Å². The van der Waals surface area contributed by atoms with Crippen LogP contribution in [-0.4, -0.2) is 22.6 Å². The molecular formula is C35H50O3. The topological polar surface area (TPSA) is 46.5 Å². The van der Waals surface area contributed by atoms with Crippen LogP contribution in [-0.2, 0) is 11.2 Å². The van der Waals surface area contributed by atoms with Gasteiger partial charge in [-0.25, -0.2) is 0 Å². The van der Waals surface area contributed by atoms with Gasteiger partial charge in [0.15, 0.2) is 5.78 Å². The lowest BCUT2D eigenvalue weighted by Gasteiger charge is -2.50. The van der Waals surface area contributed by atoms with Crippen LogP contribution in [0.25, 0.3) is 5.57 Å². The third-order valence-electron chi connectivity index (χ3n) is 9.51. The number of rotatable bonds is 2. The van der Waals surface area contributed by atoms with Crippen LogP contribution >= 0.6 is 0 Å². The number of phenolic OH excluding ortho intramolecular Hbond substituents is 1. The van der Waals surface area contributed by atoms with E-state index in [-0.39, 0.29) is 17.1 Å². The summed E-state index contributed by atoms with van der Waals surface area (Å²) in [6.45, 7) is 13.2. The molecule has 3 nitrogen and oxygen atoms in total. The Kier molecular flexibility index (Phi) is 9.40. The zero-order chi connectivity index (χ0) is 27.4. The molecule has 38 heavy (non-hydrogen) atoms. The van der Waals surface area contributed by atoms with Gasteiger partial charge in [-0.1, -0.05) is 57.6 Å². The average molecular weight is 519 g/mol. The summed E-state index contributed by atoms with van der Waals surface area (Å²) in [5, 5.41) is 10.7. The van der Waals surface area contributed by atoms with Crippen molar-refractivity contribution in [3.8, 4) is 5.75 Å². The lowest BCUT2D eigenvalue weighted by molar-refractivity contribution is -0.181. The zero-order valence-electron chi connectivity index (χ0n) is 24.7. The van der Waals surface area contributed by atoms with Crippen LogP contribution in [0.1, 0.15) is 121 Å². The maximum Gasteiger partial charge on any atom is 0.163 e. The molecule has 1 spiro atoms. The van der Waals surface area contributed by atoms with Crippen molar-refractivity contribution < 1.29 is 14.6 Å². The minimum atomic E-state index is -0.0908. The molecule has 0 aromatic heterocycles. The first-order valence-electron chi connectivity index (χ1n) is 15.2. The second-order valence-corrected chi connectivity index (χ2v) is 12.8. The van der Waals surface area contributed by atoms with Crippen LogP contribution in [0.5, 0.6) is 5.75 Å². The number of allylic oxidation sites excluding steroid dienone is 6. The highest BCUT2D eigenvalue weighted by atomic mass is 16.5. The van der Waals surface area contributed by atoms with Crippen LogP contribution in [0.15, 0.2) is 42.0 Å². The second-order valence-electron chi connectivity index (χ2n) is 12.8. The molecule has 0 unspecified atom stereocenters. The molecule has 6 atom stereocenters. The van der Waals surface area contributed by atoms with E-state index in [9.17, 15) is 9.90 Å². The van der Waals surface area contributed by atoms with E-state index in [0.29, 0.717) is 42.6 Å². The number of benzene rings is 1. The molecule has 1 N–H and O–H groups in total. The minimum absolute atomic E-state index is 0.0908. The van der Waals surface area contributed by atoms with Gasteiger partial charge in [-0.3, -0.25) is 4.79 Å². The number of hydrogen-bond donors (Lipinski definition) is 1. The molecule has 2 aliphatic carbocycles. The summed E-state index contributed by atoms with van der Waals surface area (Å²) in [4.78, 5) is 14.0. The van der Waals surface area contributed by atoms with E-state index >= 15 is 0 Å². The number of ether oxygens (including phenoxy) is 1. The Morgan fingerprint density at radius 1 is 1.05 bits per heavy atom. The molecule has 1 aromatic rings. The van der Waals surface area contributed by atoms with Gasteiger partial charge in [0.05, 0.1) is 11.7 Å². The van der Waals surface area contributed by atoms with Crippen molar-refractivity contribution in [1.82, 2.24) is 0 Å². The number of phenols is 1. The molecule has 0 radical (unpaired) electrons. The predicted molar refractivity (Wildman–Crippen MR) is 159 cm³/mol. The van der Waals surface area contributed by atoms with Crippen LogP contribution in [0.4, 0.5) is 0 Å². The largest absolute Gasteiger partial charge is 0.508 e. The van der Waals surface area contributed by atoms with Gasteiger partial charge in [0, 0.05) is 12.0 Å². The predicted octanol–water partition coefficient (Wildman–Crippen LogP) is 9.24. The summed E-state index contributed by atoms with van der Waals surface area (Å²) in [5.74, 6) is 2.41. The van der Waals surface area contributed by atoms with Gasteiger partial charge in [0.2, 0.25) is 0 Å². The highest BCUT2D eigenvalue weighted by Gasteiger charge is 2.46. The first-order chi connectivity index (χ1) is 18.1. The van der Waals surface area contributed by atoms with E-state index in [1.807, 2.05) is 26.0 Å². The normalized spacial score (nSPS) is 36.6. The summed E-state index contributed by atoms with van der Waals surface area (Å²) >= 11 is 0. The Morgan fingerprint density at radius 3 is 2.55 bits per heavy atom. The molecule has 1 heterocycles. The Morgan fingerprint density at radius 2 is 1.82 bits per heavy atom.